The summed E-state index contributed by atoms with van der Waals surface area (Å²) in [6, 6.07) is 68.9. The van der Waals surface area contributed by atoms with Crippen molar-refractivity contribution in [3.05, 3.63) is 220 Å². The van der Waals surface area contributed by atoms with Gasteiger partial charge in [-0.2, -0.15) is 0 Å². The number of hydrogen-bond acceptors (Lipinski definition) is 3. The van der Waals surface area contributed by atoms with Crippen molar-refractivity contribution in [2.24, 2.45) is 0 Å². The Balaban J connectivity index is 1.07. The fourth-order valence-corrected chi connectivity index (χ4v) is 17.2. The zero-order valence-electron chi connectivity index (χ0n) is 53.9. The van der Waals surface area contributed by atoms with E-state index in [1.807, 2.05) is 0 Å². The first-order valence-electron chi connectivity index (χ1n) is 32.4. The van der Waals surface area contributed by atoms with Crippen LogP contribution in [-0.4, -0.2) is 12.4 Å². The van der Waals surface area contributed by atoms with Gasteiger partial charge in [0.2, 0.25) is 0 Å². The molecule has 0 N–H and O–H groups in total. The lowest BCUT2D eigenvalue weighted by Gasteiger charge is -2.53. The van der Waals surface area contributed by atoms with Crippen molar-refractivity contribution in [2.75, 3.05) is 14.6 Å². The van der Waals surface area contributed by atoms with Crippen molar-refractivity contribution in [1.82, 2.24) is 0 Å². The molecule has 9 aromatic rings. The maximum Gasteiger partial charge on any atom is 0.333 e. The Morgan fingerprint density at radius 3 is 1.57 bits per heavy atom. The smallest absolute Gasteiger partial charge is 0.333 e. The number of rotatable bonds is 6. The van der Waals surface area contributed by atoms with Crippen LogP contribution in [0.2, 0.25) is 0 Å². The Kier molecular flexibility index (Phi) is 11.8. The first kappa shape index (κ1) is 55.1. The molecular formula is C82H86BN3. The van der Waals surface area contributed by atoms with Gasteiger partial charge in [-0.15, -0.1) is 0 Å². The molecule has 3 nitrogen and oxygen atoms in total. The summed E-state index contributed by atoms with van der Waals surface area (Å²) < 4.78 is 0. The first-order valence-corrected chi connectivity index (χ1v) is 32.4. The van der Waals surface area contributed by atoms with Crippen LogP contribution in [0.4, 0.5) is 39.8 Å². The molecule has 1 saturated carbocycles. The zero-order valence-corrected chi connectivity index (χ0v) is 53.9. The van der Waals surface area contributed by atoms with Crippen molar-refractivity contribution in [2.45, 2.75) is 180 Å². The predicted molar refractivity (Wildman–Crippen MR) is 369 cm³/mol. The summed E-state index contributed by atoms with van der Waals surface area (Å²) in [6.07, 6.45) is 7.11. The maximum absolute atomic E-state index is 2.94. The van der Waals surface area contributed by atoms with Gasteiger partial charge < -0.3 is 14.6 Å². The highest BCUT2D eigenvalue weighted by Gasteiger charge is 2.63. The molecule has 0 bridgehead atoms. The van der Waals surface area contributed by atoms with E-state index in [1.165, 1.54) is 154 Å². The summed E-state index contributed by atoms with van der Waals surface area (Å²) in [7, 11) is 0. The van der Waals surface area contributed by atoms with E-state index >= 15 is 0 Å². The number of fused-ring (bicyclic) bond motifs is 12. The van der Waals surface area contributed by atoms with Gasteiger partial charge in [0.05, 0.1) is 5.54 Å². The summed E-state index contributed by atoms with van der Waals surface area (Å²) in [5, 5.41) is 0. The number of benzene rings is 9. The lowest BCUT2D eigenvalue weighted by molar-refractivity contribution is 0.195. The van der Waals surface area contributed by atoms with Gasteiger partial charge in [-0.1, -0.05) is 230 Å². The molecule has 2 unspecified atom stereocenters. The van der Waals surface area contributed by atoms with Gasteiger partial charge in [0, 0.05) is 56.2 Å². The van der Waals surface area contributed by atoms with Gasteiger partial charge in [0.25, 0.3) is 0 Å². The molecule has 3 heterocycles. The zero-order chi connectivity index (χ0) is 60.0. The fraction of sp³-hybridized carbons (Fsp3) is 0.341. The quantitative estimate of drug-likeness (QED) is 0.154. The summed E-state index contributed by atoms with van der Waals surface area (Å²) in [5.74, 6) is 0. The Bertz CT molecular complexity index is 4180. The molecule has 6 aliphatic rings. The van der Waals surface area contributed by atoms with E-state index in [1.54, 1.807) is 0 Å². The molecule has 1 fully saturated rings. The van der Waals surface area contributed by atoms with Crippen LogP contribution >= 0.6 is 0 Å². The molecule has 15 rings (SSSR count). The molecule has 3 aliphatic heterocycles. The van der Waals surface area contributed by atoms with E-state index < -0.39 is 0 Å². The van der Waals surface area contributed by atoms with Crippen LogP contribution in [0.25, 0.3) is 44.5 Å². The van der Waals surface area contributed by atoms with E-state index in [4.69, 9.17) is 0 Å². The van der Waals surface area contributed by atoms with Crippen LogP contribution < -0.4 is 25.5 Å². The highest BCUT2D eigenvalue weighted by Crippen LogP contribution is 2.65. The highest BCUT2D eigenvalue weighted by molar-refractivity contribution is 6.93. The van der Waals surface area contributed by atoms with Gasteiger partial charge in [-0.3, -0.25) is 0 Å². The monoisotopic (exact) mass is 1120 g/mol. The average molecular weight is 1120 g/mol. The fourth-order valence-electron chi connectivity index (χ4n) is 17.2. The minimum atomic E-state index is -0.322. The van der Waals surface area contributed by atoms with E-state index in [2.05, 4.69) is 294 Å². The summed E-state index contributed by atoms with van der Waals surface area (Å²) in [6.45, 7) is 37.1. The summed E-state index contributed by atoms with van der Waals surface area (Å²) in [5.41, 5.74) is 33.2. The Morgan fingerprint density at radius 1 is 0.430 bits per heavy atom. The molecule has 4 heteroatoms. The van der Waals surface area contributed by atoms with Gasteiger partial charge in [-0.05, 0) is 204 Å². The van der Waals surface area contributed by atoms with Crippen LogP contribution in [0.5, 0.6) is 0 Å². The van der Waals surface area contributed by atoms with Gasteiger partial charge in [-0.25, -0.2) is 0 Å². The summed E-state index contributed by atoms with van der Waals surface area (Å²) in [4.78, 5) is 8.42. The minimum absolute atomic E-state index is 0.00515. The van der Waals surface area contributed by atoms with Gasteiger partial charge in [0.1, 0.15) is 0 Å². The van der Waals surface area contributed by atoms with Gasteiger partial charge >= 0.3 is 6.85 Å². The van der Waals surface area contributed by atoms with Crippen LogP contribution in [-0.2, 0) is 32.5 Å². The van der Waals surface area contributed by atoms with Crippen LogP contribution in [0.3, 0.4) is 0 Å². The van der Waals surface area contributed by atoms with E-state index in [9.17, 15) is 0 Å². The average Bonchev–Trinajstić information content (AvgIpc) is 1.43. The third-order valence-electron chi connectivity index (χ3n) is 22.6. The molecule has 432 valence electrons. The third kappa shape index (κ3) is 7.85. The Hall–Kier alpha value is -7.56. The molecule has 2 atom stereocenters. The molecule has 0 amide bonds. The van der Waals surface area contributed by atoms with E-state index in [0.29, 0.717) is 0 Å². The molecule has 0 radical (unpaired) electrons. The molecule has 9 aromatic carbocycles. The lowest BCUT2D eigenvalue weighted by atomic mass is 9.42. The molecule has 0 spiro atoms. The Labute approximate surface area is 514 Å². The van der Waals surface area contributed by atoms with E-state index in [0.717, 1.165) is 24.2 Å². The first-order chi connectivity index (χ1) is 40.8. The largest absolute Gasteiger partial charge is 0.376 e. The topological polar surface area (TPSA) is 9.72 Å². The van der Waals surface area contributed by atoms with Crippen molar-refractivity contribution in [3.8, 4) is 44.5 Å². The van der Waals surface area contributed by atoms with Gasteiger partial charge in [0.15, 0.2) is 0 Å². The van der Waals surface area contributed by atoms with Crippen LogP contribution in [0.1, 0.15) is 180 Å². The molecule has 3 aliphatic carbocycles. The van der Waals surface area contributed by atoms with Crippen molar-refractivity contribution in [1.29, 1.82) is 0 Å². The second kappa shape index (κ2) is 18.5. The highest BCUT2D eigenvalue weighted by atomic mass is 15.3. The van der Waals surface area contributed by atoms with Crippen molar-refractivity contribution in [3.63, 3.8) is 0 Å². The van der Waals surface area contributed by atoms with E-state index in [-0.39, 0.29) is 44.9 Å². The maximum atomic E-state index is 2.94. The van der Waals surface area contributed by atoms with Crippen molar-refractivity contribution < 1.29 is 0 Å². The van der Waals surface area contributed by atoms with Crippen molar-refractivity contribution >= 4 is 57.6 Å². The molecule has 86 heavy (non-hydrogen) atoms. The van der Waals surface area contributed by atoms with Crippen LogP contribution in [0.15, 0.2) is 176 Å². The summed E-state index contributed by atoms with van der Waals surface area (Å²) >= 11 is 0. The molecular weight excluding hydrogens is 1040 g/mol. The normalized spacial score (nSPS) is 20.5. The number of anilines is 7. The standard InChI is InChI=1S/C82H86BN3/c1-51-44-56(76(2,3)4)32-39-70(51)86-74-62(38-37-61-63-49-66-67(50-65(63)80(12,13)72(61)74)79(10,11)43-42-78(66,8)9)64-47-60(48-71-73(64)83(86)69-46-57(77(5,6)7)45-68-75(69)85(71)82(15)41-23-22-40-81(68,82)14)84(58-33-28-54(29-34-58)52-24-18-16-19-25-52)59-35-30-55(31-36-59)53-26-20-17-21-27-53/h16-21,24-39,44-50H,22-23,40-43H2,1-15H3. The Morgan fingerprint density at radius 2 is 0.988 bits per heavy atom. The molecule has 0 saturated heterocycles. The number of aryl methyl sites for hydroxylation is 1. The SMILES string of the molecule is Cc1cc(C(C)(C)C)ccc1N1B2c3cc(C(C)(C)C)cc4c3N(c3cc(N(c5ccc(-c6ccccc6)cc5)c5ccc(-c6ccccc6)cc5)cc(c32)-c2ccc3c(c21)C(C)(C)c1cc2c(cc1-3)C(C)(C)CCC2(C)C)C1(C)CCCCC41C. The predicted octanol–water partition coefficient (Wildman–Crippen LogP) is 21.0. The second-order valence-corrected chi connectivity index (χ2v) is 31.2. The number of nitrogens with zero attached hydrogens (tertiary/aromatic N) is 3. The molecule has 0 aromatic heterocycles. The third-order valence-corrected chi connectivity index (χ3v) is 22.6. The minimum Gasteiger partial charge on any atom is -0.376 e. The van der Waals surface area contributed by atoms with Crippen LogP contribution in [0, 0.1) is 6.92 Å². The number of hydrogen-bond donors (Lipinski definition) is 0. The second-order valence-electron chi connectivity index (χ2n) is 31.2. The lowest BCUT2D eigenvalue weighted by Crippen LogP contribution is -2.65.